The van der Waals surface area contributed by atoms with Gasteiger partial charge in [0.2, 0.25) is 11.8 Å². The van der Waals surface area contributed by atoms with Crippen molar-refractivity contribution in [1.82, 2.24) is 10.2 Å². The summed E-state index contributed by atoms with van der Waals surface area (Å²) in [5.41, 5.74) is 1.74. The number of benzene rings is 1. The highest BCUT2D eigenvalue weighted by molar-refractivity contribution is 8.00. The van der Waals surface area contributed by atoms with E-state index in [0.717, 1.165) is 17.6 Å². The highest BCUT2D eigenvalue weighted by Gasteiger charge is 2.39. The molecule has 2 unspecified atom stereocenters. The number of rotatable bonds is 5. The lowest BCUT2D eigenvalue weighted by atomic mass is 10.2. The molecule has 0 aliphatic carbocycles. The van der Waals surface area contributed by atoms with E-state index in [1.54, 1.807) is 34.9 Å². The Bertz CT molecular complexity index is 626. The van der Waals surface area contributed by atoms with Crippen molar-refractivity contribution >= 4 is 23.6 Å². The maximum absolute atomic E-state index is 12.9. The van der Waals surface area contributed by atoms with E-state index in [1.165, 1.54) is 12.1 Å². The highest BCUT2D eigenvalue weighted by atomic mass is 32.2. The molecule has 6 heteroatoms. The molecule has 2 rings (SSSR count). The van der Waals surface area contributed by atoms with Gasteiger partial charge in [-0.15, -0.1) is 11.8 Å². The molecule has 0 saturated carbocycles. The van der Waals surface area contributed by atoms with Gasteiger partial charge in [0.25, 0.3) is 0 Å². The van der Waals surface area contributed by atoms with E-state index < -0.39 is 6.04 Å². The van der Waals surface area contributed by atoms with Crippen molar-refractivity contribution in [2.24, 2.45) is 0 Å². The van der Waals surface area contributed by atoms with Crippen LogP contribution in [0.2, 0.25) is 0 Å². The average molecular weight is 350 g/mol. The van der Waals surface area contributed by atoms with E-state index in [9.17, 15) is 14.0 Å². The summed E-state index contributed by atoms with van der Waals surface area (Å²) >= 11 is 1.63. The van der Waals surface area contributed by atoms with Gasteiger partial charge in [-0.25, -0.2) is 4.39 Å². The number of thioether (sulfide) groups is 1. The summed E-state index contributed by atoms with van der Waals surface area (Å²) in [4.78, 5) is 26.7. The lowest BCUT2D eigenvalue weighted by Crippen LogP contribution is -2.49. The summed E-state index contributed by atoms with van der Waals surface area (Å²) in [5, 5.41) is 2.88. The summed E-state index contributed by atoms with van der Waals surface area (Å²) in [6, 6.07) is 5.54. The number of hydrogen-bond donors (Lipinski definition) is 1. The molecule has 1 aliphatic heterocycles. The second-order valence-electron chi connectivity index (χ2n) is 6.02. The van der Waals surface area contributed by atoms with Crippen LogP contribution in [0.1, 0.15) is 32.8 Å². The van der Waals surface area contributed by atoms with Crippen LogP contribution in [-0.2, 0) is 16.1 Å². The summed E-state index contributed by atoms with van der Waals surface area (Å²) in [7, 11) is 0. The molecule has 0 spiro atoms. The Kier molecular flexibility index (Phi) is 6.43. The molecule has 1 heterocycles. The Morgan fingerprint density at radius 2 is 2.00 bits per heavy atom. The smallest absolute Gasteiger partial charge is 0.248 e. The predicted molar refractivity (Wildman–Crippen MR) is 94.8 cm³/mol. The van der Waals surface area contributed by atoms with Crippen LogP contribution in [-0.4, -0.2) is 33.9 Å². The topological polar surface area (TPSA) is 49.4 Å². The summed E-state index contributed by atoms with van der Waals surface area (Å²) in [6.07, 6.45) is 2.38. The molecule has 0 aromatic heterocycles. The first-order valence-corrected chi connectivity index (χ1v) is 9.08. The minimum atomic E-state index is -0.469. The maximum Gasteiger partial charge on any atom is 0.248 e. The number of nitrogens with zero attached hydrogens (tertiary/aromatic N) is 1. The van der Waals surface area contributed by atoms with Gasteiger partial charge in [-0.05, 0) is 38.0 Å². The van der Waals surface area contributed by atoms with E-state index in [-0.39, 0.29) is 23.0 Å². The van der Waals surface area contributed by atoms with Gasteiger partial charge in [0.05, 0.1) is 5.37 Å². The fourth-order valence-electron chi connectivity index (χ4n) is 2.61. The molecule has 1 aromatic rings. The number of carbonyl (C=O) groups excluding carboxylic acids is 2. The average Bonchev–Trinajstić information content (AvgIpc) is 2.97. The first-order chi connectivity index (χ1) is 11.4. The van der Waals surface area contributed by atoms with Gasteiger partial charge in [0, 0.05) is 18.4 Å². The molecule has 1 saturated heterocycles. The van der Waals surface area contributed by atoms with Gasteiger partial charge in [-0.3, -0.25) is 9.59 Å². The van der Waals surface area contributed by atoms with E-state index >= 15 is 0 Å². The fourth-order valence-corrected chi connectivity index (χ4v) is 3.97. The van der Waals surface area contributed by atoms with Crippen LogP contribution in [0.4, 0.5) is 4.39 Å². The normalized spacial score (nSPS) is 19.9. The van der Waals surface area contributed by atoms with Crippen molar-refractivity contribution in [2.75, 3.05) is 5.75 Å². The van der Waals surface area contributed by atoms with Crippen molar-refractivity contribution in [3.8, 4) is 0 Å². The van der Waals surface area contributed by atoms with E-state index in [0.29, 0.717) is 12.3 Å². The number of amides is 2. The lowest BCUT2D eigenvalue weighted by Gasteiger charge is -2.27. The SMILES string of the molecule is CCC1SCC(C(=O)NCc2ccc(F)cc2)N1C(=O)C=C(C)C. The number of hydrogen-bond acceptors (Lipinski definition) is 3. The van der Waals surface area contributed by atoms with Crippen LogP contribution in [0, 0.1) is 5.82 Å². The Labute approximate surface area is 146 Å². The standard InChI is InChI=1S/C18H23FN2O2S/c1-4-17-21(16(22)9-12(2)3)15(11-24-17)18(23)20-10-13-5-7-14(19)8-6-13/h5-9,15,17H,4,10-11H2,1-3H3,(H,20,23). The predicted octanol–water partition coefficient (Wildman–Crippen LogP) is 3.09. The zero-order chi connectivity index (χ0) is 17.7. The highest BCUT2D eigenvalue weighted by Crippen LogP contribution is 2.31. The molecule has 1 N–H and O–H groups in total. The van der Waals surface area contributed by atoms with Crippen LogP contribution >= 0.6 is 11.8 Å². The van der Waals surface area contributed by atoms with E-state index in [2.05, 4.69) is 5.32 Å². The summed E-state index contributed by atoms with van der Waals surface area (Å²) in [5.74, 6) is 0.00411. The minimum absolute atomic E-state index is 0.0228. The monoisotopic (exact) mass is 350 g/mol. The zero-order valence-electron chi connectivity index (χ0n) is 14.2. The summed E-state index contributed by atoms with van der Waals surface area (Å²) < 4.78 is 12.9. The quantitative estimate of drug-likeness (QED) is 0.830. The first kappa shape index (κ1) is 18.5. The molecule has 1 aromatic carbocycles. The van der Waals surface area contributed by atoms with Crippen LogP contribution in [0.25, 0.3) is 0 Å². The van der Waals surface area contributed by atoms with Crippen molar-refractivity contribution in [3.05, 3.63) is 47.3 Å². The fraction of sp³-hybridized carbons (Fsp3) is 0.444. The Balaban J connectivity index is 2.04. The van der Waals surface area contributed by atoms with Crippen molar-refractivity contribution in [1.29, 1.82) is 0 Å². The third kappa shape index (κ3) is 4.60. The van der Waals surface area contributed by atoms with Gasteiger partial charge in [-0.2, -0.15) is 0 Å². The molecule has 1 aliphatic rings. The van der Waals surface area contributed by atoms with Gasteiger partial charge in [-0.1, -0.05) is 24.6 Å². The van der Waals surface area contributed by atoms with Crippen LogP contribution < -0.4 is 5.32 Å². The van der Waals surface area contributed by atoms with Crippen molar-refractivity contribution in [3.63, 3.8) is 0 Å². The molecule has 2 atom stereocenters. The lowest BCUT2D eigenvalue weighted by molar-refractivity contribution is -0.136. The number of carbonyl (C=O) groups is 2. The number of allylic oxidation sites excluding steroid dienone is 1. The largest absolute Gasteiger partial charge is 0.350 e. The van der Waals surface area contributed by atoms with Crippen molar-refractivity contribution in [2.45, 2.75) is 45.2 Å². The second-order valence-corrected chi connectivity index (χ2v) is 7.23. The Morgan fingerprint density at radius 3 is 2.58 bits per heavy atom. The van der Waals surface area contributed by atoms with E-state index in [1.807, 2.05) is 20.8 Å². The van der Waals surface area contributed by atoms with Gasteiger partial charge < -0.3 is 10.2 Å². The Morgan fingerprint density at radius 1 is 1.33 bits per heavy atom. The molecule has 0 radical (unpaired) electrons. The number of nitrogens with one attached hydrogen (secondary N) is 1. The third-order valence-corrected chi connectivity index (χ3v) is 5.24. The molecule has 130 valence electrons. The maximum atomic E-state index is 12.9. The van der Waals surface area contributed by atoms with Crippen LogP contribution in [0.5, 0.6) is 0 Å². The summed E-state index contributed by atoms with van der Waals surface area (Å²) in [6.45, 7) is 6.07. The van der Waals surface area contributed by atoms with Gasteiger partial charge in [0.1, 0.15) is 11.9 Å². The van der Waals surface area contributed by atoms with Crippen molar-refractivity contribution < 1.29 is 14.0 Å². The van der Waals surface area contributed by atoms with E-state index in [4.69, 9.17) is 0 Å². The molecule has 1 fully saturated rings. The van der Waals surface area contributed by atoms with Gasteiger partial charge in [0.15, 0.2) is 0 Å². The Hall–Kier alpha value is -1.82. The second kappa shape index (κ2) is 8.33. The number of halogens is 1. The molecule has 0 bridgehead atoms. The zero-order valence-corrected chi connectivity index (χ0v) is 15.0. The first-order valence-electron chi connectivity index (χ1n) is 8.03. The molecule has 2 amide bonds. The molecular weight excluding hydrogens is 327 g/mol. The van der Waals surface area contributed by atoms with Crippen LogP contribution in [0.15, 0.2) is 35.9 Å². The molecule has 24 heavy (non-hydrogen) atoms. The third-order valence-electron chi connectivity index (χ3n) is 3.79. The van der Waals surface area contributed by atoms with Gasteiger partial charge >= 0.3 is 0 Å². The minimum Gasteiger partial charge on any atom is -0.350 e. The molecule has 4 nitrogen and oxygen atoms in total. The molecular formula is C18H23FN2O2S. The van der Waals surface area contributed by atoms with Crippen LogP contribution in [0.3, 0.4) is 0 Å².